The van der Waals surface area contributed by atoms with E-state index in [0.717, 1.165) is 13.0 Å². The highest BCUT2D eigenvalue weighted by Gasteiger charge is 2.05. The fraction of sp³-hybridized carbons (Fsp3) is 0.462. The molecule has 2 heteroatoms. The zero-order chi connectivity index (χ0) is 11.1. The van der Waals surface area contributed by atoms with Crippen LogP contribution in [0.5, 0.6) is 0 Å². The monoisotopic (exact) mass is 202 g/mol. The van der Waals surface area contributed by atoms with Crippen molar-refractivity contribution in [3.63, 3.8) is 0 Å². The Morgan fingerprint density at radius 1 is 1.40 bits per heavy atom. The first-order valence-corrected chi connectivity index (χ1v) is 5.41. The Hall–Kier alpha value is -1.33. The summed E-state index contributed by atoms with van der Waals surface area (Å²) in [7, 11) is 0. The summed E-state index contributed by atoms with van der Waals surface area (Å²) in [5.74, 6) is 0. The SMILES string of the molecule is Cc1ccccc1C(C)NCCCC#N. The Balaban J connectivity index is 2.44. The third-order valence-corrected chi connectivity index (χ3v) is 2.57. The van der Waals surface area contributed by atoms with Gasteiger partial charge in [0.15, 0.2) is 0 Å². The van der Waals surface area contributed by atoms with Gasteiger partial charge in [-0.3, -0.25) is 0 Å². The molecular formula is C13H18N2. The van der Waals surface area contributed by atoms with Crippen LogP contribution in [0.15, 0.2) is 24.3 Å². The van der Waals surface area contributed by atoms with Crippen molar-refractivity contribution in [3.8, 4) is 6.07 Å². The first kappa shape index (κ1) is 11.7. The Kier molecular flexibility index (Phi) is 4.86. The van der Waals surface area contributed by atoms with Crippen molar-refractivity contribution >= 4 is 0 Å². The third kappa shape index (κ3) is 3.73. The number of aryl methyl sites for hydroxylation is 1. The molecule has 1 aromatic rings. The molecule has 0 spiro atoms. The van der Waals surface area contributed by atoms with E-state index >= 15 is 0 Å². The maximum Gasteiger partial charge on any atom is 0.0622 e. The zero-order valence-electron chi connectivity index (χ0n) is 9.46. The van der Waals surface area contributed by atoms with Crippen LogP contribution in [0, 0.1) is 18.3 Å². The molecule has 0 fully saturated rings. The smallest absolute Gasteiger partial charge is 0.0622 e. The van der Waals surface area contributed by atoms with E-state index in [2.05, 4.69) is 49.5 Å². The molecule has 0 aliphatic rings. The lowest BCUT2D eigenvalue weighted by molar-refractivity contribution is 0.560. The summed E-state index contributed by atoms with van der Waals surface area (Å²) in [4.78, 5) is 0. The number of benzene rings is 1. The second kappa shape index (κ2) is 6.21. The van der Waals surface area contributed by atoms with Gasteiger partial charge >= 0.3 is 0 Å². The van der Waals surface area contributed by atoms with Gasteiger partial charge in [-0.15, -0.1) is 0 Å². The predicted octanol–water partition coefficient (Wildman–Crippen LogP) is 2.95. The van der Waals surface area contributed by atoms with E-state index in [0.29, 0.717) is 12.5 Å². The van der Waals surface area contributed by atoms with E-state index in [-0.39, 0.29) is 0 Å². The average molecular weight is 202 g/mol. The summed E-state index contributed by atoms with van der Waals surface area (Å²) < 4.78 is 0. The molecule has 1 atom stereocenters. The lowest BCUT2D eigenvalue weighted by Gasteiger charge is -2.15. The van der Waals surface area contributed by atoms with Crippen molar-refractivity contribution in [1.29, 1.82) is 5.26 Å². The number of nitrogens with zero attached hydrogens (tertiary/aromatic N) is 1. The van der Waals surface area contributed by atoms with Crippen molar-refractivity contribution in [3.05, 3.63) is 35.4 Å². The van der Waals surface area contributed by atoms with E-state index in [4.69, 9.17) is 5.26 Å². The number of hydrogen-bond donors (Lipinski definition) is 1. The van der Waals surface area contributed by atoms with Gasteiger partial charge in [0.25, 0.3) is 0 Å². The van der Waals surface area contributed by atoms with Gasteiger partial charge in [-0.1, -0.05) is 24.3 Å². The van der Waals surface area contributed by atoms with Crippen LogP contribution in [0.4, 0.5) is 0 Å². The fourth-order valence-electron chi connectivity index (χ4n) is 1.67. The number of unbranched alkanes of at least 4 members (excludes halogenated alkanes) is 1. The van der Waals surface area contributed by atoms with Gasteiger partial charge in [0.2, 0.25) is 0 Å². The van der Waals surface area contributed by atoms with Gasteiger partial charge in [0, 0.05) is 12.5 Å². The van der Waals surface area contributed by atoms with Gasteiger partial charge in [0.05, 0.1) is 6.07 Å². The van der Waals surface area contributed by atoms with E-state index in [1.807, 2.05) is 0 Å². The minimum Gasteiger partial charge on any atom is -0.310 e. The van der Waals surface area contributed by atoms with Crippen molar-refractivity contribution < 1.29 is 0 Å². The summed E-state index contributed by atoms with van der Waals surface area (Å²) in [6.07, 6.45) is 1.56. The molecule has 0 amide bonds. The maximum atomic E-state index is 8.41. The zero-order valence-corrected chi connectivity index (χ0v) is 9.46. The molecule has 0 aromatic heterocycles. The van der Waals surface area contributed by atoms with Crippen LogP contribution in [0.3, 0.4) is 0 Å². The van der Waals surface area contributed by atoms with Crippen LogP contribution in [-0.2, 0) is 0 Å². The molecule has 0 saturated carbocycles. The molecule has 1 unspecified atom stereocenters. The van der Waals surface area contributed by atoms with Gasteiger partial charge in [-0.25, -0.2) is 0 Å². The summed E-state index contributed by atoms with van der Waals surface area (Å²) in [6, 6.07) is 10.9. The number of nitrogens with one attached hydrogen (secondary N) is 1. The highest BCUT2D eigenvalue weighted by atomic mass is 14.9. The van der Waals surface area contributed by atoms with Crippen LogP contribution in [0.1, 0.15) is 36.9 Å². The topological polar surface area (TPSA) is 35.8 Å². The largest absolute Gasteiger partial charge is 0.310 e. The van der Waals surface area contributed by atoms with Crippen LogP contribution < -0.4 is 5.32 Å². The molecule has 80 valence electrons. The first-order chi connectivity index (χ1) is 7.25. The molecular weight excluding hydrogens is 184 g/mol. The highest BCUT2D eigenvalue weighted by molar-refractivity contribution is 5.28. The minimum absolute atomic E-state index is 0.366. The molecule has 15 heavy (non-hydrogen) atoms. The summed E-state index contributed by atoms with van der Waals surface area (Å²) in [5.41, 5.74) is 2.66. The average Bonchev–Trinajstić information content (AvgIpc) is 2.25. The number of rotatable bonds is 5. The molecule has 0 aliphatic heterocycles. The van der Waals surface area contributed by atoms with Crippen molar-refractivity contribution in [2.24, 2.45) is 0 Å². The fourth-order valence-corrected chi connectivity index (χ4v) is 1.67. The van der Waals surface area contributed by atoms with Crippen LogP contribution in [0.2, 0.25) is 0 Å². The lowest BCUT2D eigenvalue weighted by atomic mass is 10.0. The summed E-state index contributed by atoms with van der Waals surface area (Å²) in [5, 5.41) is 11.8. The molecule has 1 rings (SSSR count). The Labute approximate surface area is 91.9 Å². The third-order valence-electron chi connectivity index (χ3n) is 2.57. The van der Waals surface area contributed by atoms with Gasteiger partial charge in [-0.2, -0.15) is 5.26 Å². The van der Waals surface area contributed by atoms with E-state index in [9.17, 15) is 0 Å². The van der Waals surface area contributed by atoms with Gasteiger partial charge in [-0.05, 0) is 37.9 Å². The predicted molar refractivity (Wildman–Crippen MR) is 62.4 cm³/mol. The lowest BCUT2D eigenvalue weighted by Crippen LogP contribution is -2.20. The quantitative estimate of drug-likeness (QED) is 0.745. The Morgan fingerprint density at radius 2 is 2.13 bits per heavy atom. The minimum atomic E-state index is 0.366. The standard InChI is InChI=1S/C13H18N2/c1-11-7-3-4-8-13(11)12(2)15-10-6-5-9-14/h3-4,7-8,12,15H,5-6,10H2,1-2H3. The van der Waals surface area contributed by atoms with Crippen LogP contribution in [-0.4, -0.2) is 6.54 Å². The maximum absolute atomic E-state index is 8.41. The van der Waals surface area contributed by atoms with Crippen molar-refractivity contribution in [2.75, 3.05) is 6.54 Å². The molecule has 0 aliphatic carbocycles. The second-order valence-corrected chi connectivity index (χ2v) is 3.79. The Morgan fingerprint density at radius 3 is 2.80 bits per heavy atom. The molecule has 0 heterocycles. The Bertz CT molecular complexity index is 339. The molecule has 0 saturated heterocycles. The highest BCUT2D eigenvalue weighted by Crippen LogP contribution is 2.16. The van der Waals surface area contributed by atoms with Crippen LogP contribution >= 0.6 is 0 Å². The van der Waals surface area contributed by atoms with Crippen LogP contribution in [0.25, 0.3) is 0 Å². The molecule has 1 N–H and O–H groups in total. The van der Waals surface area contributed by atoms with Crippen molar-refractivity contribution in [2.45, 2.75) is 32.7 Å². The molecule has 1 aromatic carbocycles. The van der Waals surface area contributed by atoms with E-state index in [1.54, 1.807) is 0 Å². The normalized spacial score (nSPS) is 12.1. The molecule has 0 radical (unpaired) electrons. The first-order valence-electron chi connectivity index (χ1n) is 5.41. The summed E-state index contributed by atoms with van der Waals surface area (Å²) >= 11 is 0. The van der Waals surface area contributed by atoms with E-state index in [1.165, 1.54) is 11.1 Å². The molecule has 2 nitrogen and oxygen atoms in total. The van der Waals surface area contributed by atoms with Crippen molar-refractivity contribution in [1.82, 2.24) is 5.32 Å². The number of nitriles is 1. The second-order valence-electron chi connectivity index (χ2n) is 3.79. The number of hydrogen-bond acceptors (Lipinski definition) is 2. The molecule has 0 bridgehead atoms. The van der Waals surface area contributed by atoms with Gasteiger partial charge < -0.3 is 5.32 Å². The van der Waals surface area contributed by atoms with Gasteiger partial charge in [0.1, 0.15) is 0 Å². The van der Waals surface area contributed by atoms with E-state index < -0.39 is 0 Å². The summed E-state index contributed by atoms with van der Waals surface area (Å²) in [6.45, 7) is 5.20.